The molecular weight excluding hydrogens is 276 g/mol. The lowest BCUT2D eigenvalue weighted by atomic mass is 10.1. The van der Waals surface area contributed by atoms with Gasteiger partial charge in [0.15, 0.2) is 0 Å². The van der Waals surface area contributed by atoms with Gasteiger partial charge in [0.05, 0.1) is 7.11 Å². The normalized spacial score (nSPS) is 20.8. The summed E-state index contributed by atoms with van der Waals surface area (Å²) in [5.74, 6) is 0.696. The highest BCUT2D eigenvalue weighted by Crippen LogP contribution is 2.21. The van der Waals surface area contributed by atoms with Gasteiger partial charge in [0, 0.05) is 24.7 Å². The molecule has 1 heterocycles. The maximum Gasteiger partial charge on any atom is 0.279 e. The summed E-state index contributed by atoms with van der Waals surface area (Å²) in [6.07, 6.45) is 2.95. The molecule has 1 aromatic carbocycles. The largest absolute Gasteiger partial charge is 0.496 e. The predicted octanol–water partition coefficient (Wildman–Crippen LogP) is 1.90. The fourth-order valence-electron chi connectivity index (χ4n) is 2.53. The number of benzene rings is 1. The molecule has 1 aromatic rings. The number of rotatable bonds is 5. The number of hydrogen-bond donors (Lipinski definition) is 1. The van der Waals surface area contributed by atoms with Gasteiger partial charge in [0.2, 0.25) is 0 Å². The number of hydrogen-bond acceptors (Lipinski definition) is 3. The molecule has 0 aromatic heterocycles. The van der Waals surface area contributed by atoms with Crippen molar-refractivity contribution in [1.82, 2.24) is 9.03 Å². The van der Waals surface area contributed by atoms with Crippen molar-refractivity contribution in [3.63, 3.8) is 0 Å². The van der Waals surface area contributed by atoms with Gasteiger partial charge in [0.25, 0.3) is 10.2 Å². The number of nitrogens with zero attached hydrogens (tertiary/aromatic N) is 1. The maximum atomic E-state index is 12.3. The van der Waals surface area contributed by atoms with Crippen LogP contribution in [0.1, 0.15) is 31.7 Å². The highest BCUT2D eigenvalue weighted by molar-refractivity contribution is 7.87. The first-order valence-electron chi connectivity index (χ1n) is 6.93. The van der Waals surface area contributed by atoms with E-state index in [0.29, 0.717) is 12.3 Å². The third kappa shape index (κ3) is 3.50. The van der Waals surface area contributed by atoms with Crippen LogP contribution in [0.5, 0.6) is 5.75 Å². The summed E-state index contributed by atoms with van der Waals surface area (Å²) in [7, 11) is -1.84. The standard InChI is InChI=1S/C14H22N2O3S/c1-12-7-5-6-10-16(12)20(17,18)15-11-13-8-3-4-9-14(13)19-2/h3-4,8-9,12,15H,5-7,10-11H2,1-2H3/t12-/m1/s1. The van der Waals surface area contributed by atoms with E-state index in [1.54, 1.807) is 11.4 Å². The van der Waals surface area contributed by atoms with Gasteiger partial charge >= 0.3 is 0 Å². The molecule has 5 nitrogen and oxygen atoms in total. The molecule has 0 radical (unpaired) electrons. The Labute approximate surface area is 121 Å². The van der Waals surface area contributed by atoms with E-state index in [0.717, 1.165) is 24.8 Å². The first-order chi connectivity index (χ1) is 9.54. The number of nitrogens with one attached hydrogen (secondary N) is 1. The second-order valence-corrected chi connectivity index (χ2v) is 6.80. The molecule has 1 N–H and O–H groups in total. The summed E-state index contributed by atoms with van der Waals surface area (Å²) >= 11 is 0. The molecule has 0 amide bonds. The third-order valence-electron chi connectivity index (χ3n) is 3.69. The van der Waals surface area contributed by atoms with E-state index >= 15 is 0 Å². The van der Waals surface area contributed by atoms with Crippen LogP contribution < -0.4 is 9.46 Å². The van der Waals surface area contributed by atoms with Crippen molar-refractivity contribution < 1.29 is 13.2 Å². The zero-order valence-corrected chi connectivity index (χ0v) is 12.8. The van der Waals surface area contributed by atoms with Gasteiger partial charge in [-0.3, -0.25) is 0 Å². The number of methoxy groups -OCH3 is 1. The van der Waals surface area contributed by atoms with Crippen LogP contribution in [0, 0.1) is 0 Å². The molecule has 0 aliphatic carbocycles. The fraction of sp³-hybridized carbons (Fsp3) is 0.571. The van der Waals surface area contributed by atoms with Crippen molar-refractivity contribution in [2.24, 2.45) is 0 Å². The highest BCUT2D eigenvalue weighted by atomic mass is 32.2. The van der Waals surface area contributed by atoms with E-state index in [1.165, 1.54) is 0 Å². The van der Waals surface area contributed by atoms with Crippen LogP contribution in [-0.2, 0) is 16.8 Å². The molecule has 112 valence electrons. The molecule has 1 aliphatic rings. The number of piperidine rings is 1. The van der Waals surface area contributed by atoms with Crippen LogP contribution in [0.3, 0.4) is 0 Å². The van der Waals surface area contributed by atoms with Crippen molar-refractivity contribution in [1.29, 1.82) is 0 Å². The Bertz CT molecular complexity index is 545. The molecule has 6 heteroatoms. The summed E-state index contributed by atoms with van der Waals surface area (Å²) in [6, 6.07) is 7.49. The van der Waals surface area contributed by atoms with Crippen LogP contribution in [0.25, 0.3) is 0 Å². The zero-order chi connectivity index (χ0) is 14.6. The Morgan fingerprint density at radius 3 is 2.80 bits per heavy atom. The summed E-state index contributed by atoms with van der Waals surface area (Å²) in [6.45, 7) is 2.81. The van der Waals surface area contributed by atoms with Crippen LogP contribution in [0.4, 0.5) is 0 Å². The van der Waals surface area contributed by atoms with Gasteiger partial charge in [-0.05, 0) is 25.8 Å². The van der Waals surface area contributed by atoms with Crippen LogP contribution in [0.15, 0.2) is 24.3 Å². The molecule has 0 bridgehead atoms. The SMILES string of the molecule is COc1ccccc1CNS(=O)(=O)N1CCCC[C@H]1C. The Morgan fingerprint density at radius 2 is 2.10 bits per heavy atom. The lowest BCUT2D eigenvalue weighted by Crippen LogP contribution is -2.47. The van der Waals surface area contributed by atoms with Crippen LogP contribution in [-0.4, -0.2) is 32.4 Å². The Balaban J connectivity index is 2.05. The first-order valence-corrected chi connectivity index (χ1v) is 8.37. The topological polar surface area (TPSA) is 58.6 Å². The van der Waals surface area contributed by atoms with Gasteiger partial charge in [-0.25, -0.2) is 0 Å². The van der Waals surface area contributed by atoms with Crippen molar-refractivity contribution in [2.45, 2.75) is 38.8 Å². The third-order valence-corrected chi connectivity index (χ3v) is 5.36. The van der Waals surface area contributed by atoms with E-state index in [9.17, 15) is 8.42 Å². The second-order valence-electron chi connectivity index (χ2n) is 5.09. The molecule has 1 atom stereocenters. The van der Waals surface area contributed by atoms with E-state index in [1.807, 2.05) is 31.2 Å². The fourth-order valence-corrected chi connectivity index (χ4v) is 3.98. The smallest absolute Gasteiger partial charge is 0.279 e. The highest BCUT2D eigenvalue weighted by Gasteiger charge is 2.29. The van der Waals surface area contributed by atoms with Crippen molar-refractivity contribution in [3.05, 3.63) is 29.8 Å². The van der Waals surface area contributed by atoms with Gasteiger partial charge in [0.1, 0.15) is 5.75 Å². The van der Waals surface area contributed by atoms with Crippen molar-refractivity contribution in [2.75, 3.05) is 13.7 Å². The lowest BCUT2D eigenvalue weighted by molar-refractivity contribution is 0.265. The molecule has 2 rings (SSSR count). The van der Waals surface area contributed by atoms with Gasteiger partial charge in [-0.15, -0.1) is 0 Å². The first kappa shape index (κ1) is 15.3. The van der Waals surface area contributed by atoms with Gasteiger partial charge in [-0.1, -0.05) is 24.6 Å². The van der Waals surface area contributed by atoms with Crippen molar-refractivity contribution in [3.8, 4) is 5.75 Å². The number of ether oxygens (including phenoxy) is 1. The van der Waals surface area contributed by atoms with Crippen LogP contribution >= 0.6 is 0 Å². The van der Waals surface area contributed by atoms with E-state index in [-0.39, 0.29) is 12.6 Å². The second kappa shape index (κ2) is 6.56. The minimum atomic E-state index is -3.43. The summed E-state index contributed by atoms with van der Waals surface area (Å²) in [5.41, 5.74) is 0.836. The molecule has 0 saturated carbocycles. The molecule has 0 spiro atoms. The average molecular weight is 298 g/mol. The molecule has 1 aliphatic heterocycles. The average Bonchev–Trinajstić information content (AvgIpc) is 2.46. The molecule has 1 fully saturated rings. The molecule has 1 saturated heterocycles. The van der Waals surface area contributed by atoms with Crippen LogP contribution in [0.2, 0.25) is 0 Å². The Hall–Kier alpha value is -1.11. The van der Waals surface area contributed by atoms with E-state index in [4.69, 9.17) is 4.74 Å². The lowest BCUT2D eigenvalue weighted by Gasteiger charge is -2.32. The summed E-state index contributed by atoms with van der Waals surface area (Å²) < 4.78 is 34.1. The monoisotopic (exact) mass is 298 g/mol. The van der Waals surface area contributed by atoms with Gasteiger partial charge in [-0.2, -0.15) is 17.4 Å². The molecule has 0 unspecified atom stereocenters. The van der Waals surface area contributed by atoms with Gasteiger partial charge < -0.3 is 4.74 Å². The minimum Gasteiger partial charge on any atom is -0.496 e. The minimum absolute atomic E-state index is 0.0684. The quantitative estimate of drug-likeness (QED) is 0.903. The maximum absolute atomic E-state index is 12.3. The summed E-state index contributed by atoms with van der Waals surface area (Å²) in [5, 5.41) is 0. The molecular formula is C14H22N2O3S. The van der Waals surface area contributed by atoms with E-state index < -0.39 is 10.2 Å². The predicted molar refractivity (Wildman–Crippen MR) is 78.8 cm³/mol. The summed E-state index contributed by atoms with van der Waals surface area (Å²) in [4.78, 5) is 0. The zero-order valence-electron chi connectivity index (χ0n) is 12.0. The Kier molecular flexibility index (Phi) is 5.01. The Morgan fingerprint density at radius 1 is 1.35 bits per heavy atom. The van der Waals surface area contributed by atoms with E-state index in [2.05, 4.69) is 4.72 Å². The number of para-hydroxylation sites is 1. The van der Waals surface area contributed by atoms with Crippen molar-refractivity contribution >= 4 is 10.2 Å². The molecule has 20 heavy (non-hydrogen) atoms.